The van der Waals surface area contributed by atoms with Gasteiger partial charge in [-0.2, -0.15) is 4.98 Å². The first-order chi connectivity index (χ1) is 7.18. The summed E-state index contributed by atoms with van der Waals surface area (Å²) in [6.07, 6.45) is 0.0474. The van der Waals surface area contributed by atoms with Gasteiger partial charge < -0.3 is 11.5 Å². The molecule has 4 nitrogen and oxygen atoms in total. The van der Waals surface area contributed by atoms with Crippen LogP contribution in [0.2, 0.25) is 0 Å². The normalized spacial score (nSPS) is 11.0. The first-order valence-electron chi connectivity index (χ1n) is 4.63. The standard InChI is InChI=1S/C10H10N4/c11-9-8(6-13-10(12)14-9)7-4-2-1-3-5-7/h1-6H,(H4,11,12,13,14)/i6D. The maximum Gasteiger partial charge on any atom is 0.221 e. The van der Waals surface area contributed by atoms with E-state index in [1.165, 1.54) is 0 Å². The van der Waals surface area contributed by atoms with E-state index in [1.807, 2.05) is 30.3 Å². The Morgan fingerprint density at radius 1 is 1.14 bits per heavy atom. The number of rotatable bonds is 1. The third kappa shape index (κ3) is 1.50. The molecule has 1 aromatic carbocycles. The zero-order valence-electron chi connectivity index (χ0n) is 8.44. The molecule has 0 aliphatic carbocycles. The van der Waals surface area contributed by atoms with Gasteiger partial charge in [-0.15, -0.1) is 0 Å². The number of nitrogen functional groups attached to an aromatic ring is 2. The van der Waals surface area contributed by atoms with Crippen LogP contribution in [-0.4, -0.2) is 9.97 Å². The minimum Gasteiger partial charge on any atom is -0.383 e. The molecule has 0 saturated carbocycles. The van der Waals surface area contributed by atoms with Crippen molar-refractivity contribution >= 4 is 11.8 Å². The summed E-state index contributed by atoms with van der Waals surface area (Å²) in [6, 6.07) is 9.32. The lowest BCUT2D eigenvalue weighted by molar-refractivity contribution is 1.20. The van der Waals surface area contributed by atoms with Gasteiger partial charge in [0, 0.05) is 11.7 Å². The van der Waals surface area contributed by atoms with Gasteiger partial charge in [0.1, 0.15) is 5.82 Å². The van der Waals surface area contributed by atoms with Gasteiger partial charge in [0.05, 0.1) is 1.37 Å². The van der Waals surface area contributed by atoms with Crippen LogP contribution in [0, 0.1) is 0 Å². The quantitative estimate of drug-likeness (QED) is 0.705. The van der Waals surface area contributed by atoms with Gasteiger partial charge in [0.2, 0.25) is 5.95 Å². The second kappa shape index (κ2) is 3.33. The number of hydrogen-bond donors (Lipinski definition) is 2. The molecular formula is C10H10N4. The van der Waals surface area contributed by atoms with Crippen molar-refractivity contribution in [2.75, 3.05) is 11.5 Å². The molecule has 4 N–H and O–H groups in total. The molecule has 1 aromatic heterocycles. The van der Waals surface area contributed by atoms with E-state index in [0.29, 0.717) is 5.56 Å². The molecule has 4 heteroatoms. The molecule has 14 heavy (non-hydrogen) atoms. The van der Waals surface area contributed by atoms with E-state index >= 15 is 0 Å². The highest BCUT2D eigenvalue weighted by atomic mass is 15.0. The Bertz CT molecular complexity index is 461. The molecule has 0 saturated heterocycles. The predicted octanol–water partition coefficient (Wildman–Crippen LogP) is 1.31. The molecule has 70 valence electrons. The molecule has 0 aliphatic heterocycles. The van der Waals surface area contributed by atoms with Gasteiger partial charge >= 0.3 is 0 Å². The Balaban J connectivity index is 2.64. The lowest BCUT2D eigenvalue weighted by Crippen LogP contribution is -2.00. The first kappa shape index (κ1) is 7.32. The highest BCUT2D eigenvalue weighted by Crippen LogP contribution is 2.22. The van der Waals surface area contributed by atoms with Crippen LogP contribution in [0.1, 0.15) is 1.37 Å². The zero-order valence-corrected chi connectivity index (χ0v) is 7.44. The van der Waals surface area contributed by atoms with E-state index < -0.39 is 0 Å². The monoisotopic (exact) mass is 187 g/mol. The van der Waals surface area contributed by atoms with Crippen LogP contribution >= 0.6 is 0 Å². The SMILES string of the molecule is [2H]c1nc(N)nc(N)c1-c1ccccc1. The summed E-state index contributed by atoms with van der Waals surface area (Å²) < 4.78 is 7.68. The largest absolute Gasteiger partial charge is 0.383 e. The third-order valence-electron chi connectivity index (χ3n) is 1.84. The highest BCUT2D eigenvalue weighted by Gasteiger charge is 2.03. The van der Waals surface area contributed by atoms with Crippen molar-refractivity contribution in [3.05, 3.63) is 36.5 Å². The van der Waals surface area contributed by atoms with E-state index in [-0.39, 0.29) is 17.9 Å². The number of hydrogen-bond acceptors (Lipinski definition) is 4. The maximum atomic E-state index is 7.68. The summed E-state index contributed by atoms with van der Waals surface area (Å²) >= 11 is 0. The van der Waals surface area contributed by atoms with Gasteiger partial charge in [0.25, 0.3) is 0 Å². The predicted molar refractivity (Wildman–Crippen MR) is 56.3 cm³/mol. The summed E-state index contributed by atoms with van der Waals surface area (Å²) in [5.74, 6) is 0.260. The fourth-order valence-corrected chi connectivity index (χ4v) is 1.19. The summed E-state index contributed by atoms with van der Waals surface area (Å²) in [6.45, 7) is 0. The van der Waals surface area contributed by atoms with Crippen molar-refractivity contribution in [1.29, 1.82) is 0 Å². The molecule has 1 heterocycles. The lowest BCUT2D eigenvalue weighted by atomic mass is 10.1. The molecule has 0 amide bonds. The second-order valence-corrected chi connectivity index (χ2v) is 2.82. The van der Waals surface area contributed by atoms with E-state index in [4.69, 9.17) is 12.8 Å². The molecule has 2 aromatic rings. The molecule has 0 aliphatic rings. The molecule has 0 fully saturated rings. The van der Waals surface area contributed by atoms with Gasteiger partial charge in [0.15, 0.2) is 0 Å². The van der Waals surface area contributed by atoms with Crippen molar-refractivity contribution in [2.24, 2.45) is 0 Å². The molecule has 0 atom stereocenters. The minimum absolute atomic E-state index is 0.0252. The van der Waals surface area contributed by atoms with E-state index in [2.05, 4.69) is 9.97 Å². The summed E-state index contributed by atoms with van der Waals surface area (Å²) in [5.41, 5.74) is 12.4. The topological polar surface area (TPSA) is 77.8 Å². The third-order valence-corrected chi connectivity index (χ3v) is 1.84. The average molecular weight is 187 g/mol. The van der Waals surface area contributed by atoms with Crippen LogP contribution in [0.4, 0.5) is 11.8 Å². The van der Waals surface area contributed by atoms with Crippen LogP contribution in [0.15, 0.2) is 36.5 Å². The Morgan fingerprint density at radius 2 is 1.86 bits per heavy atom. The van der Waals surface area contributed by atoms with E-state index in [1.54, 1.807) is 0 Å². The number of nitrogens with zero attached hydrogens (tertiary/aromatic N) is 2. The smallest absolute Gasteiger partial charge is 0.221 e. The Hall–Kier alpha value is -2.10. The summed E-state index contributed by atoms with van der Waals surface area (Å²) in [4.78, 5) is 7.60. The number of nitrogens with two attached hydrogens (primary N) is 2. The first-order valence-corrected chi connectivity index (χ1v) is 4.13. The van der Waals surface area contributed by atoms with Gasteiger partial charge in [-0.1, -0.05) is 30.3 Å². The Kier molecular flexibility index (Phi) is 1.74. The number of anilines is 2. The van der Waals surface area contributed by atoms with E-state index in [9.17, 15) is 0 Å². The summed E-state index contributed by atoms with van der Waals surface area (Å²) in [5, 5.41) is 0. The zero-order chi connectivity index (χ0) is 10.8. The molecule has 0 unspecified atom stereocenters. The number of aromatic nitrogens is 2. The van der Waals surface area contributed by atoms with Crippen molar-refractivity contribution in [3.8, 4) is 11.1 Å². The average Bonchev–Trinajstić information content (AvgIpc) is 2.17. The molecule has 2 rings (SSSR count). The molecule has 0 bridgehead atoms. The van der Waals surface area contributed by atoms with Crippen molar-refractivity contribution in [3.63, 3.8) is 0 Å². The fraction of sp³-hybridized carbons (Fsp3) is 0. The Labute approximate surface area is 83.0 Å². The molecular weight excluding hydrogens is 176 g/mol. The van der Waals surface area contributed by atoms with Crippen LogP contribution in [0.5, 0.6) is 0 Å². The minimum atomic E-state index is 0.0252. The Morgan fingerprint density at radius 3 is 2.50 bits per heavy atom. The number of benzene rings is 1. The van der Waals surface area contributed by atoms with Crippen LogP contribution in [0.3, 0.4) is 0 Å². The van der Waals surface area contributed by atoms with Gasteiger partial charge in [-0.25, -0.2) is 4.98 Å². The molecule has 0 radical (unpaired) electrons. The fourth-order valence-electron chi connectivity index (χ4n) is 1.19. The highest BCUT2D eigenvalue weighted by molar-refractivity contribution is 5.73. The van der Waals surface area contributed by atoms with Gasteiger partial charge in [-0.3, -0.25) is 0 Å². The van der Waals surface area contributed by atoms with Gasteiger partial charge in [-0.05, 0) is 5.56 Å². The maximum absolute atomic E-state index is 7.68. The summed E-state index contributed by atoms with van der Waals surface area (Å²) in [7, 11) is 0. The van der Waals surface area contributed by atoms with Crippen LogP contribution in [-0.2, 0) is 0 Å². The van der Waals surface area contributed by atoms with Crippen molar-refractivity contribution in [1.82, 2.24) is 9.97 Å². The van der Waals surface area contributed by atoms with Crippen molar-refractivity contribution in [2.45, 2.75) is 0 Å². The van der Waals surface area contributed by atoms with E-state index in [0.717, 1.165) is 5.56 Å². The lowest BCUT2D eigenvalue weighted by Gasteiger charge is -2.03. The second-order valence-electron chi connectivity index (χ2n) is 2.82. The van der Waals surface area contributed by atoms with Crippen molar-refractivity contribution < 1.29 is 1.37 Å². The molecule has 0 spiro atoms. The van der Waals surface area contributed by atoms with Crippen LogP contribution in [0.25, 0.3) is 11.1 Å². The van der Waals surface area contributed by atoms with Crippen LogP contribution < -0.4 is 11.5 Å².